The van der Waals surface area contributed by atoms with Gasteiger partial charge >= 0.3 is 5.97 Å². The number of nitro benzene ring substituents is 1. The van der Waals surface area contributed by atoms with Gasteiger partial charge in [0.25, 0.3) is 5.69 Å². The molecule has 0 aliphatic heterocycles. The Morgan fingerprint density at radius 2 is 2.12 bits per heavy atom. The van der Waals surface area contributed by atoms with E-state index in [0.717, 1.165) is 6.07 Å². The second-order valence-electron chi connectivity index (χ2n) is 3.80. The van der Waals surface area contributed by atoms with E-state index in [0.29, 0.717) is 12.0 Å². The number of nitro groups is 1. The van der Waals surface area contributed by atoms with Crippen molar-refractivity contribution in [1.29, 1.82) is 0 Å². The molecule has 6 nitrogen and oxygen atoms in total. The molecule has 0 radical (unpaired) electrons. The van der Waals surface area contributed by atoms with Crippen LogP contribution in [0.1, 0.15) is 42.1 Å². The smallest absolute Gasteiger partial charge is 0.339 e. The summed E-state index contributed by atoms with van der Waals surface area (Å²) in [4.78, 5) is 20.9. The van der Waals surface area contributed by atoms with Crippen LogP contribution in [0.15, 0.2) is 12.1 Å². The summed E-state index contributed by atoms with van der Waals surface area (Å²) in [5, 5.41) is 29.3. The molecule has 92 valence electrons. The number of phenols is 1. The fraction of sp³-hybridized carbons (Fsp3) is 0.364. The molecule has 0 unspecified atom stereocenters. The summed E-state index contributed by atoms with van der Waals surface area (Å²) in [5.41, 5.74) is -0.468. The van der Waals surface area contributed by atoms with Gasteiger partial charge < -0.3 is 10.2 Å². The molecule has 0 aliphatic rings. The molecule has 0 amide bonds. The molecule has 1 atom stereocenters. The lowest BCUT2D eigenvalue weighted by atomic mass is 9.94. The van der Waals surface area contributed by atoms with Gasteiger partial charge in [0, 0.05) is 17.7 Å². The third-order valence-electron chi connectivity index (χ3n) is 2.71. The van der Waals surface area contributed by atoms with Crippen LogP contribution in [0.3, 0.4) is 0 Å². The average molecular weight is 239 g/mol. The Bertz CT molecular complexity index is 469. The van der Waals surface area contributed by atoms with Gasteiger partial charge in [0.15, 0.2) is 0 Å². The highest BCUT2D eigenvalue weighted by atomic mass is 16.6. The first kappa shape index (κ1) is 13.0. The molecule has 0 aromatic heterocycles. The molecule has 2 N–H and O–H groups in total. The number of nitrogens with zero attached hydrogens (tertiary/aromatic N) is 1. The van der Waals surface area contributed by atoms with E-state index in [1.165, 1.54) is 6.07 Å². The molecular weight excluding hydrogens is 226 g/mol. The standard InChI is InChI=1S/C11H13NO5/c1-3-6(2)8-4-7(12(16)17)5-9(10(8)13)11(14)15/h4-6,13H,3H2,1-2H3,(H,14,15)/t6-/m1/s1. The number of carboxylic acids is 1. The van der Waals surface area contributed by atoms with Crippen molar-refractivity contribution in [3.05, 3.63) is 33.4 Å². The zero-order valence-electron chi connectivity index (χ0n) is 9.51. The summed E-state index contributed by atoms with van der Waals surface area (Å²) in [7, 11) is 0. The molecule has 0 saturated heterocycles. The largest absolute Gasteiger partial charge is 0.507 e. The Kier molecular flexibility index (Phi) is 3.67. The van der Waals surface area contributed by atoms with E-state index in [2.05, 4.69) is 0 Å². The van der Waals surface area contributed by atoms with Crippen molar-refractivity contribution in [3.8, 4) is 5.75 Å². The first-order valence-corrected chi connectivity index (χ1v) is 5.13. The minimum atomic E-state index is -1.38. The third kappa shape index (κ3) is 2.52. The van der Waals surface area contributed by atoms with Gasteiger partial charge in [0.05, 0.1) is 4.92 Å². The highest BCUT2D eigenvalue weighted by molar-refractivity contribution is 5.92. The monoisotopic (exact) mass is 239 g/mol. The molecule has 1 rings (SSSR count). The van der Waals surface area contributed by atoms with E-state index in [9.17, 15) is 20.0 Å². The SMILES string of the molecule is CC[C@@H](C)c1cc([N+](=O)[O-])cc(C(=O)O)c1O. The summed E-state index contributed by atoms with van der Waals surface area (Å²) < 4.78 is 0. The van der Waals surface area contributed by atoms with Gasteiger partial charge in [0.2, 0.25) is 0 Å². The van der Waals surface area contributed by atoms with Gasteiger partial charge in [0.1, 0.15) is 11.3 Å². The molecule has 0 bridgehead atoms. The second kappa shape index (κ2) is 4.82. The van der Waals surface area contributed by atoms with Gasteiger partial charge in [-0.1, -0.05) is 13.8 Å². The van der Waals surface area contributed by atoms with E-state index in [1.807, 2.05) is 6.92 Å². The van der Waals surface area contributed by atoms with Crippen LogP contribution in [0.5, 0.6) is 5.75 Å². The molecule has 17 heavy (non-hydrogen) atoms. The Hall–Kier alpha value is -2.11. The molecule has 6 heteroatoms. The molecule has 1 aromatic carbocycles. The topological polar surface area (TPSA) is 101 Å². The number of aromatic hydroxyl groups is 1. The van der Waals surface area contributed by atoms with Crippen molar-refractivity contribution in [2.75, 3.05) is 0 Å². The molecule has 1 aromatic rings. The number of carbonyl (C=O) groups is 1. The van der Waals surface area contributed by atoms with E-state index < -0.39 is 22.2 Å². The first-order valence-electron chi connectivity index (χ1n) is 5.13. The Labute approximate surface area is 97.7 Å². The van der Waals surface area contributed by atoms with Gasteiger partial charge in [-0.15, -0.1) is 0 Å². The molecule has 0 aliphatic carbocycles. The lowest BCUT2D eigenvalue weighted by molar-refractivity contribution is -0.385. The fourth-order valence-corrected chi connectivity index (χ4v) is 1.51. The van der Waals surface area contributed by atoms with Crippen LogP contribution in [0, 0.1) is 10.1 Å². The summed E-state index contributed by atoms with van der Waals surface area (Å²) in [5.74, 6) is -1.92. The van der Waals surface area contributed by atoms with Crippen molar-refractivity contribution < 1.29 is 19.9 Å². The lowest BCUT2D eigenvalue weighted by Crippen LogP contribution is -2.03. The van der Waals surface area contributed by atoms with Crippen LogP contribution >= 0.6 is 0 Å². The number of carboxylic acid groups (broad SMARTS) is 1. The highest BCUT2D eigenvalue weighted by Crippen LogP contribution is 2.34. The summed E-state index contributed by atoms with van der Waals surface area (Å²) >= 11 is 0. The zero-order chi connectivity index (χ0) is 13.2. The molecule has 0 fully saturated rings. The lowest BCUT2D eigenvalue weighted by Gasteiger charge is -2.12. The maximum absolute atomic E-state index is 10.9. The second-order valence-corrected chi connectivity index (χ2v) is 3.80. The van der Waals surface area contributed by atoms with Crippen LogP contribution < -0.4 is 0 Å². The maximum atomic E-state index is 10.9. The summed E-state index contributed by atoms with van der Waals surface area (Å²) in [6.45, 7) is 3.62. The number of non-ortho nitro benzene ring substituents is 1. The average Bonchev–Trinajstić information content (AvgIpc) is 2.27. The van der Waals surface area contributed by atoms with E-state index in [1.54, 1.807) is 6.92 Å². The fourth-order valence-electron chi connectivity index (χ4n) is 1.51. The number of hydrogen-bond donors (Lipinski definition) is 2. The molecule has 0 heterocycles. The van der Waals surface area contributed by atoms with Gasteiger partial charge in [-0.25, -0.2) is 4.79 Å². The summed E-state index contributed by atoms with van der Waals surface area (Å²) in [6.07, 6.45) is 0.647. The normalized spacial score (nSPS) is 12.1. The molecule has 0 spiro atoms. The van der Waals surface area contributed by atoms with Crippen LogP contribution in [-0.4, -0.2) is 21.1 Å². The van der Waals surface area contributed by atoms with Crippen molar-refractivity contribution >= 4 is 11.7 Å². The van der Waals surface area contributed by atoms with Crippen molar-refractivity contribution in [1.82, 2.24) is 0 Å². The minimum absolute atomic E-state index is 0.145. The first-order chi connectivity index (χ1) is 7.88. The van der Waals surface area contributed by atoms with Crippen LogP contribution in [0.25, 0.3) is 0 Å². The van der Waals surface area contributed by atoms with Crippen molar-refractivity contribution in [2.24, 2.45) is 0 Å². The molecular formula is C11H13NO5. The van der Waals surface area contributed by atoms with Crippen LogP contribution in [-0.2, 0) is 0 Å². The summed E-state index contributed by atoms with van der Waals surface area (Å²) in [6, 6.07) is 2.08. The van der Waals surface area contributed by atoms with E-state index in [-0.39, 0.29) is 11.6 Å². The Morgan fingerprint density at radius 3 is 2.53 bits per heavy atom. The number of hydrogen-bond acceptors (Lipinski definition) is 4. The predicted molar refractivity (Wildman–Crippen MR) is 60.4 cm³/mol. The quantitative estimate of drug-likeness (QED) is 0.621. The van der Waals surface area contributed by atoms with E-state index >= 15 is 0 Å². The van der Waals surface area contributed by atoms with Crippen molar-refractivity contribution in [3.63, 3.8) is 0 Å². The van der Waals surface area contributed by atoms with Crippen LogP contribution in [0.2, 0.25) is 0 Å². The highest BCUT2D eigenvalue weighted by Gasteiger charge is 2.22. The zero-order valence-corrected chi connectivity index (χ0v) is 9.51. The molecule has 0 saturated carbocycles. The Balaban J connectivity index is 3.48. The Morgan fingerprint density at radius 1 is 1.53 bits per heavy atom. The number of benzene rings is 1. The van der Waals surface area contributed by atoms with Gasteiger partial charge in [-0.05, 0) is 12.3 Å². The third-order valence-corrected chi connectivity index (χ3v) is 2.71. The van der Waals surface area contributed by atoms with Gasteiger partial charge in [-0.3, -0.25) is 10.1 Å². The van der Waals surface area contributed by atoms with Crippen molar-refractivity contribution in [2.45, 2.75) is 26.2 Å². The number of aromatic carboxylic acids is 1. The number of rotatable bonds is 4. The predicted octanol–water partition coefficient (Wildman–Crippen LogP) is 2.51. The van der Waals surface area contributed by atoms with E-state index in [4.69, 9.17) is 5.11 Å². The minimum Gasteiger partial charge on any atom is -0.507 e. The maximum Gasteiger partial charge on any atom is 0.339 e. The van der Waals surface area contributed by atoms with Gasteiger partial charge in [-0.2, -0.15) is 0 Å². The van der Waals surface area contributed by atoms with Crippen LogP contribution in [0.4, 0.5) is 5.69 Å².